The maximum absolute atomic E-state index is 5.81. The molecular weight excluding hydrogens is 166 g/mol. The third-order valence-corrected chi connectivity index (χ3v) is 2.49. The largest absolute Gasteiger partial charge is 0.398 e. The minimum Gasteiger partial charge on any atom is -0.398 e. The van der Waals surface area contributed by atoms with Gasteiger partial charge in [0.15, 0.2) is 0 Å². The van der Waals surface area contributed by atoms with E-state index in [1.54, 1.807) is 17.2 Å². The van der Waals surface area contributed by atoms with Gasteiger partial charge in [0.2, 0.25) is 0 Å². The molecule has 1 aromatic rings. The van der Waals surface area contributed by atoms with E-state index in [0.717, 1.165) is 17.0 Å². The second kappa shape index (κ2) is 4.21. The number of aryl methyl sites for hydroxylation is 1. The Hall–Kier alpha value is -0.890. The quantitative estimate of drug-likeness (QED) is 0.570. The highest BCUT2D eigenvalue weighted by Crippen LogP contribution is 2.26. The number of nitrogens with two attached hydrogens (primary N) is 1. The molecule has 0 spiro atoms. The maximum atomic E-state index is 5.81. The summed E-state index contributed by atoms with van der Waals surface area (Å²) in [6.07, 6.45) is 1.03. The molecule has 0 radical (unpaired) electrons. The summed E-state index contributed by atoms with van der Waals surface area (Å²) in [5.74, 6) is 0. The summed E-state index contributed by atoms with van der Waals surface area (Å²) in [6, 6.07) is 6.16. The van der Waals surface area contributed by atoms with Crippen molar-refractivity contribution in [3.05, 3.63) is 35.7 Å². The zero-order chi connectivity index (χ0) is 8.97. The zero-order valence-electron chi connectivity index (χ0n) is 7.21. The van der Waals surface area contributed by atoms with Gasteiger partial charge in [-0.1, -0.05) is 31.3 Å². The summed E-state index contributed by atoms with van der Waals surface area (Å²) in [4.78, 5) is 1.09. The van der Waals surface area contributed by atoms with Crippen LogP contribution in [-0.2, 0) is 6.42 Å². The van der Waals surface area contributed by atoms with E-state index in [1.807, 2.05) is 12.1 Å². The van der Waals surface area contributed by atoms with E-state index >= 15 is 0 Å². The van der Waals surface area contributed by atoms with E-state index in [2.05, 4.69) is 19.6 Å². The Balaban J connectivity index is 2.94. The van der Waals surface area contributed by atoms with Crippen molar-refractivity contribution in [3.8, 4) is 0 Å². The number of hydrogen-bond acceptors (Lipinski definition) is 2. The summed E-state index contributed by atoms with van der Waals surface area (Å²) in [7, 11) is 0. The fourth-order valence-corrected chi connectivity index (χ4v) is 1.54. The Morgan fingerprint density at radius 3 is 2.83 bits per heavy atom. The summed E-state index contributed by atoms with van der Waals surface area (Å²) in [5.41, 5.74) is 7.94. The third kappa shape index (κ3) is 2.05. The fraction of sp³-hybridized carbons (Fsp3) is 0.200. The van der Waals surface area contributed by atoms with Gasteiger partial charge in [-0.3, -0.25) is 0 Å². The molecule has 0 unspecified atom stereocenters. The lowest BCUT2D eigenvalue weighted by Crippen LogP contribution is -1.89. The van der Waals surface area contributed by atoms with Gasteiger partial charge in [0.05, 0.1) is 0 Å². The highest BCUT2D eigenvalue weighted by atomic mass is 32.2. The van der Waals surface area contributed by atoms with Crippen molar-refractivity contribution in [3.63, 3.8) is 0 Å². The summed E-state index contributed by atoms with van der Waals surface area (Å²) in [6.45, 7) is 5.77. The van der Waals surface area contributed by atoms with E-state index in [9.17, 15) is 0 Å². The van der Waals surface area contributed by atoms with Gasteiger partial charge in [-0.15, -0.1) is 0 Å². The molecule has 0 amide bonds. The molecule has 2 heteroatoms. The topological polar surface area (TPSA) is 26.0 Å². The SMILES string of the molecule is C=CSc1ccc(CC)cc1N. The van der Waals surface area contributed by atoms with Crippen LogP contribution < -0.4 is 5.73 Å². The van der Waals surface area contributed by atoms with Crippen molar-refractivity contribution < 1.29 is 0 Å². The van der Waals surface area contributed by atoms with Crippen LogP contribution in [0.2, 0.25) is 0 Å². The lowest BCUT2D eigenvalue weighted by Gasteiger charge is -2.03. The summed E-state index contributed by atoms with van der Waals surface area (Å²) < 4.78 is 0. The second-order valence-corrected chi connectivity index (χ2v) is 3.52. The van der Waals surface area contributed by atoms with Gasteiger partial charge >= 0.3 is 0 Å². The smallest absolute Gasteiger partial charge is 0.0458 e. The Morgan fingerprint density at radius 1 is 1.58 bits per heavy atom. The predicted octanol–water partition coefficient (Wildman–Crippen LogP) is 3.07. The van der Waals surface area contributed by atoms with Gasteiger partial charge in [-0.05, 0) is 29.5 Å². The van der Waals surface area contributed by atoms with Crippen LogP contribution >= 0.6 is 11.8 Å². The van der Waals surface area contributed by atoms with Crippen LogP contribution in [0.1, 0.15) is 12.5 Å². The number of anilines is 1. The Kier molecular flexibility index (Phi) is 3.23. The number of nitrogen functional groups attached to an aromatic ring is 1. The molecule has 0 aliphatic carbocycles. The minimum atomic E-state index is 0.847. The van der Waals surface area contributed by atoms with Crippen molar-refractivity contribution in [2.75, 3.05) is 5.73 Å². The van der Waals surface area contributed by atoms with Crippen LogP contribution in [0.4, 0.5) is 5.69 Å². The molecule has 0 saturated carbocycles. The molecule has 1 nitrogen and oxygen atoms in total. The van der Waals surface area contributed by atoms with Crippen LogP contribution in [0.15, 0.2) is 35.1 Å². The Morgan fingerprint density at radius 2 is 2.33 bits per heavy atom. The molecule has 0 aromatic heterocycles. The van der Waals surface area contributed by atoms with Crippen LogP contribution in [0.3, 0.4) is 0 Å². The summed E-state index contributed by atoms with van der Waals surface area (Å²) >= 11 is 1.56. The zero-order valence-corrected chi connectivity index (χ0v) is 8.03. The first-order chi connectivity index (χ1) is 5.77. The number of hydrogen-bond donors (Lipinski definition) is 1. The monoisotopic (exact) mass is 179 g/mol. The van der Waals surface area contributed by atoms with Crippen LogP contribution in [0.25, 0.3) is 0 Å². The van der Waals surface area contributed by atoms with Gasteiger partial charge in [0, 0.05) is 10.6 Å². The molecule has 0 saturated heterocycles. The molecule has 2 N–H and O–H groups in total. The highest BCUT2D eigenvalue weighted by Gasteiger charge is 1.97. The third-order valence-electron chi connectivity index (χ3n) is 1.69. The Bertz CT molecular complexity index is 281. The fourth-order valence-electron chi connectivity index (χ4n) is 1.01. The van der Waals surface area contributed by atoms with E-state index in [0.29, 0.717) is 0 Å². The minimum absolute atomic E-state index is 0.847. The average molecular weight is 179 g/mol. The van der Waals surface area contributed by atoms with Crippen molar-refractivity contribution in [2.45, 2.75) is 18.2 Å². The molecule has 0 fully saturated rings. The molecule has 0 bridgehead atoms. The van der Waals surface area contributed by atoms with Crippen LogP contribution in [-0.4, -0.2) is 0 Å². The van der Waals surface area contributed by atoms with Gasteiger partial charge in [0.25, 0.3) is 0 Å². The molecule has 0 aliphatic rings. The van der Waals surface area contributed by atoms with Crippen molar-refractivity contribution in [1.29, 1.82) is 0 Å². The Labute approximate surface area is 77.7 Å². The summed E-state index contributed by atoms with van der Waals surface area (Å²) in [5, 5.41) is 1.79. The van der Waals surface area contributed by atoms with E-state index in [-0.39, 0.29) is 0 Å². The average Bonchev–Trinajstić information content (AvgIpc) is 2.09. The van der Waals surface area contributed by atoms with Gasteiger partial charge in [-0.2, -0.15) is 0 Å². The first-order valence-electron chi connectivity index (χ1n) is 3.94. The standard InChI is InChI=1S/C10H13NS/c1-3-8-5-6-10(12-4-2)9(11)7-8/h4-7H,2-3,11H2,1H3. The molecule has 1 aromatic carbocycles. The first-order valence-corrected chi connectivity index (χ1v) is 4.82. The van der Waals surface area contributed by atoms with Crippen LogP contribution in [0.5, 0.6) is 0 Å². The lowest BCUT2D eigenvalue weighted by atomic mass is 10.1. The molecule has 1 rings (SSSR count). The molecule has 12 heavy (non-hydrogen) atoms. The van der Waals surface area contributed by atoms with Crippen molar-refractivity contribution in [1.82, 2.24) is 0 Å². The highest BCUT2D eigenvalue weighted by molar-refractivity contribution is 8.02. The molecule has 64 valence electrons. The van der Waals surface area contributed by atoms with Gasteiger partial charge in [-0.25, -0.2) is 0 Å². The number of thioether (sulfide) groups is 1. The lowest BCUT2D eigenvalue weighted by molar-refractivity contribution is 1.13. The molecule has 0 aliphatic heterocycles. The number of rotatable bonds is 3. The van der Waals surface area contributed by atoms with Crippen LogP contribution in [0, 0.1) is 0 Å². The van der Waals surface area contributed by atoms with Crippen molar-refractivity contribution >= 4 is 17.4 Å². The van der Waals surface area contributed by atoms with Crippen molar-refractivity contribution in [2.24, 2.45) is 0 Å². The second-order valence-electron chi connectivity index (χ2n) is 2.51. The van der Waals surface area contributed by atoms with E-state index < -0.39 is 0 Å². The predicted molar refractivity (Wildman–Crippen MR) is 56.3 cm³/mol. The van der Waals surface area contributed by atoms with Gasteiger partial charge < -0.3 is 5.73 Å². The molecule has 0 atom stereocenters. The number of benzene rings is 1. The van der Waals surface area contributed by atoms with E-state index in [1.165, 1.54) is 5.56 Å². The van der Waals surface area contributed by atoms with E-state index in [4.69, 9.17) is 5.73 Å². The normalized spacial score (nSPS) is 9.75. The first kappa shape index (κ1) is 9.20. The maximum Gasteiger partial charge on any atom is 0.0458 e. The molecular formula is C10H13NS. The molecule has 0 heterocycles. The van der Waals surface area contributed by atoms with Gasteiger partial charge in [0.1, 0.15) is 0 Å².